The Hall–Kier alpha value is -1.59. The van der Waals surface area contributed by atoms with E-state index in [4.69, 9.17) is 5.73 Å². The van der Waals surface area contributed by atoms with E-state index in [1.807, 2.05) is 40.2 Å². The SMILES string of the molecule is Cc1cc(N)ccc1NC(=O)CCN(C)CCN(C)C. The van der Waals surface area contributed by atoms with Gasteiger partial charge in [-0.15, -0.1) is 0 Å². The van der Waals surface area contributed by atoms with Crippen LogP contribution in [0.4, 0.5) is 11.4 Å². The van der Waals surface area contributed by atoms with Crippen molar-refractivity contribution in [3.05, 3.63) is 23.8 Å². The number of anilines is 2. The minimum atomic E-state index is 0.0366. The molecule has 0 saturated heterocycles. The first-order valence-corrected chi connectivity index (χ1v) is 6.87. The van der Waals surface area contributed by atoms with Crippen LogP contribution < -0.4 is 11.1 Å². The fraction of sp³-hybridized carbons (Fsp3) is 0.533. The highest BCUT2D eigenvalue weighted by molar-refractivity contribution is 5.91. The number of rotatable bonds is 7. The van der Waals surface area contributed by atoms with Gasteiger partial charge in [0.1, 0.15) is 0 Å². The Labute approximate surface area is 121 Å². The number of nitrogens with one attached hydrogen (secondary N) is 1. The number of nitrogen functional groups attached to an aromatic ring is 1. The molecule has 3 N–H and O–H groups in total. The molecule has 0 bridgehead atoms. The van der Waals surface area contributed by atoms with Crippen LogP contribution in [0.25, 0.3) is 0 Å². The third-order valence-corrected chi connectivity index (χ3v) is 3.17. The zero-order valence-electron chi connectivity index (χ0n) is 12.9. The second-order valence-corrected chi connectivity index (χ2v) is 5.48. The maximum Gasteiger partial charge on any atom is 0.225 e. The maximum atomic E-state index is 11.9. The van der Waals surface area contributed by atoms with Crippen LogP contribution in [0.15, 0.2) is 18.2 Å². The van der Waals surface area contributed by atoms with Crippen molar-refractivity contribution in [2.45, 2.75) is 13.3 Å². The number of hydrogen-bond acceptors (Lipinski definition) is 4. The third kappa shape index (κ3) is 6.04. The molecule has 5 heteroatoms. The highest BCUT2D eigenvalue weighted by Gasteiger charge is 2.07. The summed E-state index contributed by atoms with van der Waals surface area (Å²) in [5, 5.41) is 2.93. The number of benzene rings is 1. The normalized spacial score (nSPS) is 11.1. The van der Waals surface area contributed by atoms with Gasteiger partial charge in [0.05, 0.1) is 0 Å². The summed E-state index contributed by atoms with van der Waals surface area (Å²) in [6.45, 7) is 4.65. The van der Waals surface area contributed by atoms with E-state index in [-0.39, 0.29) is 5.91 Å². The number of amides is 1. The summed E-state index contributed by atoms with van der Waals surface area (Å²) in [5.74, 6) is 0.0366. The summed E-state index contributed by atoms with van der Waals surface area (Å²) in [5.41, 5.74) is 8.22. The smallest absolute Gasteiger partial charge is 0.225 e. The summed E-state index contributed by atoms with van der Waals surface area (Å²) in [6.07, 6.45) is 0.494. The first-order chi connectivity index (χ1) is 9.38. The van der Waals surface area contributed by atoms with E-state index >= 15 is 0 Å². The molecule has 1 aromatic carbocycles. The lowest BCUT2D eigenvalue weighted by Crippen LogP contribution is -2.31. The number of carbonyl (C=O) groups is 1. The molecule has 0 aliphatic carbocycles. The van der Waals surface area contributed by atoms with Crippen LogP contribution in [-0.4, -0.2) is 56.5 Å². The second-order valence-electron chi connectivity index (χ2n) is 5.48. The molecule has 0 radical (unpaired) electrons. The fourth-order valence-corrected chi connectivity index (χ4v) is 1.81. The lowest BCUT2D eigenvalue weighted by molar-refractivity contribution is -0.116. The Morgan fingerprint density at radius 1 is 1.20 bits per heavy atom. The molecule has 20 heavy (non-hydrogen) atoms. The molecular formula is C15H26N4O. The minimum absolute atomic E-state index is 0.0366. The monoisotopic (exact) mass is 278 g/mol. The number of nitrogens with zero attached hydrogens (tertiary/aromatic N) is 2. The van der Waals surface area contributed by atoms with E-state index in [0.29, 0.717) is 12.1 Å². The molecule has 112 valence electrons. The molecule has 0 saturated carbocycles. The van der Waals surface area contributed by atoms with E-state index in [1.54, 1.807) is 6.07 Å². The molecule has 0 aliphatic rings. The topological polar surface area (TPSA) is 61.6 Å². The van der Waals surface area contributed by atoms with Crippen molar-refractivity contribution in [2.75, 3.05) is 51.8 Å². The van der Waals surface area contributed by atoms with Crippen molar-refractivity contribution >= 4 is 17.3 Å². The van der Waals surface area contributed by atoms with Gasteiger partial charge in [0.25, 0.3) is 0 Å². The van der Waals surface area contributed by atoms with Crippen LogP contribution in [0.2, 0.25) is 0 Å². The first-order valence-electron chi connectivity index (χ1n) is 6.87. The van der Waals surface area contributed by atoms with Gasteiger partial charge in [0, 0.05) is 37.4 Å². The van der Waals surface area contributed by atoms with Crippen LogP contribution in [0.3, 0.4) is 0 Å². The van der Waals surface area contributed by atoms with Crippen molar-refractivity contribution < 1.29 is 4.79 Å². The average molecular weight is 278 g/mol. The van der Waals surface area contributed by atoms with Crippen LogP contribution in [0.1, 0.15) is 12.0 Å². The molecular weight excluding hydrogens is 252 g/mol. The standard InChI is InChI=1S/C15H26N4O/c1-12-11-13(16)5-6-14(12)17-15(20)7-8-19(4)10-9-18(2)3/h5-6,11H,7-10,16H2,1-4H3,(H,17,20). The summed E-state index contributed by atoms with van der Waals surface area (Å²) < 4.78 is 0. The van der Waals surface area contributed by atoms with E-state index in [1.165, 1.54) is 0 Å². The van der Waals surface area contributed by atoms with Gasteiger partial charge in [-0.1, -0.05) is 0 Å². The van der Waals surface area contributed by atoms with Gasteiger partial charge in [-0.2, -0.15) is 0 Å². The predicted molar refractivity (Wildman–Crippen MR) is 84.9 cm³/mol. The summed E-state index contributed by atoms with van der Waals surface area (Å²) in [7, 11) is 6.13. The fourth-order valence-electron chi connectivity index (χ4n) is 1.81. The Morgan fingerprint density at radius 3 is 2.50 bits per heavy atom. The molecule has 0 unspecified atom stereocenters. The molecule has 5 nitrogen and oxygen atoms in total. The Balaban J connectivity index is 2.36. The minimum Gasteiger partial charge on any atom is -0.399 e. The van der Waals surface area contributed by atoms with E-state index in [9.17, 15) is 4.79 Å². The van der Waals surface area contributed by atoms with Crippen molar-refractivity contribution in [1.82, 2.24) is 9.80 Å². The molecule has 0 spiro atoms. The van der Waals surface area contributed by atoms with E-state index < -0.39 is 0 Å². The quantitative estimate of drug-likeness (QED) is 0.740. The van der Waals surface area contributed by atoms with Crippen molar-refractivity contribution in [2.24, 2.45) is 0 Å². The van der Waals surface area contributed by atoms with Crippen LogP contribution in [0.5, 0.6) is 0 Å². The summed E-state index contributed by atoms with van der Waals surface area (Å²) in [4.78, 5) is 16.2. The second kappa shape index (κ2) is 7.87. The lowest BCUT2D eigenvalue weighted by Gasteiger charge is -2.19. The van der Waals surface area contributed by atoms with Gasteiger partial charge in [-0.3, -0.25) is 4.79 Å². The number of likely N-dealkylation sites (N-methyl/N-ethyl adjacent to an activating group) is 2. The van der Waals surface area contributed by atoms with Crippen LogP contribution >= 0.6 is 0 Å². The van der Waals surface area contributed by atoms with E-state index in [0.717, 1.165) is 30.9 Å². The zero-order chi connectivity index (χ0) is 15.1. The van der Waals surface area contributed by atoms with Gasteiger partial charge in [-0.25, -0.2) is 0 Å². The van der Waals surface area contributed by atoms with Crippen molar-refractivity contribution in [1.29, 1.82) is 0 Å². The number of nitrogens with two attached hydrogens (primary N) is 1. The largest absolute Gasteiger partial charge is 0.399 e. The molecule has 0 fully saturated rings. The average Bonchev–Trinajstić information content (AvgIpc) is 2.37. The number of carbonyl (C=O) groups excluding carboxylic acids is 1. The van der Waals surface area contributed by atoms with Gasteiger partial charge in [0.2, 0.25) is 5.91 Å². The highest BCUT2D eigenvalue weighted by Crippen LogP contribution is 2.17. The van der Waals surface area contributed by atoms with Gasteiger partial charge < -0.3 is 20.9 Å². The third-order valence-electron chi connectivity index (χ3n) is 3.17. The predicted octanol–water partition coefficient (Wildman–Crippen LogP) is 1.40. The molecule has 1 aromatic rings. The molecule has 0 aliphatic heterocycles. The van der Waals surface area contributed by atoms with Gasteiger partial charge >= 0.3 is 0 Å². The zero-order valence-corrected chi connectivity index (χ0v) is 12.9. The van der Waals surface area contributed by atoms with Crippen LogP contribution in [-0.2, 0) is 4.79 Å². The van der Waals surface area contributed by atoms with Crippen LogP contribution in [0, 0.1) is 6.92 Å². The number of hydrogen-bond donors (Lipinski definition) is 2. The lowest BCUT2D eigenvalue weighted by atomic mass is 10.2. The maximum absolute atomic E-state index is 11.9. The van der Waals surface area contributed by atoms with Crippen molar-refractivity contribution in [3.63, 3.8) is 0 Å². The molecule has 0 atom stereocenters. The highest BCUT2D eigenvalue weighted by atomic mass is 16.1. The van der Waals surface area contributed by atoms with Gasteiger partial charge in [-0.05, 0) is 51.8 Å². The molecule has 0 aromatic heterocycles. The first kappa shape index (κ1) is 16.5. The Bertz CT molecular complexity index is 445. The Morgan fingerprint density at radius 2 is 1.90 bits per heavy atom. The van der Waals surface area contributed by atoms with E-state index in [2.05, 4.69) is 15.1 Å². The Kier molecular flexibility index (Phi) is 6.48. The summed E-state index contributed by atoms with van der Waals surface area (Å²) >= 11 is 0. The molecule has 1 amide bonds. The molecule has 1 rings (SSSR count). The number of aryl methyl sites for hydroxylation is 1. The van der Waals surface area contributed by atoms with Crippen molar-refractivity contribution in [3.8, 4) is 0 Å². The molecule has 0 heterocycles. The summed E-state index contributed by atoms with van der Waals surface area (Å²) in [6, 6.07) is 5.50. The van der Waals surface area contributed by atoms with Gasteiger partial charge in [0.15, 0.2) is 0 Å².